The molecule has 28 heavy (non-hydrogen) atoms. The van der Waals surface area contributed by atoms with E-state index in [4.69, 9.17) is 0 Å². The summed E-state index contributed by atoms with van der Waals surface area (Å²) in [6, 6.07) is 0. The molecule has 0 spiro atoms. The normalized spacial score (nSPS) is 43.9. The second-order valence-corrected chi connectivity index (χ2v) is 10.3. The summed E-state index contributed by atoms with van der Waals surface area (Å²) in [5.41, 5.74) is 0. The van der Waals surface area contributed by atoms with Crippen LogP contribution in [0.25, 0.3) is 0 Å². The van der Waals surface area contributed by atoms with Gasteiger partial charge in [-0.15, -0.1) is 0 Å². The molecule has 4 fully saturated rings. The van der Waals surface area contributed by atoms with Crippen LogP contribution in [0, 0.1) is 47.3 Å². The minimum absolute atomic E-state index is 0.152. The van der Waals surface area contributed by atoms with Crippen molar-refractivity contribution in [3.05, 3.63) is 0 Å². The lowest BCUT2D eigenvalue weighted by molar-refractivity contribution is -0.144. The number of aliphatic carboxylic acids is 2. The van der Waals surface area contributed by atoms with Crippen LogP contribution in [0.1, 0.15) is 77.0 Å². The Balaban J connectivity index is 1.26. The Bertz CT molecular complexity index is 540. The molecule has 0 aromatic carbocycles. The molecule has 158 valence electrons. The monoisotopic (exact) mass is 392 g/mol. The Kier molecular flexibility index (Phi) is 6.01. The number of aliphatic hydroxyl groups is 1. The number of aliphatic hydroxyl groups excluding tert-OH is 1. The van der Waals surface area contributed by atoms with E-state index >= 15 is 0 Å². The zero-order valence-electron chi connectivity index (χ0n) is 16.8. The Morgan fingerprint density at radius 1 is 0.679 bits per heavy atom. The molecule has 0 bridgehead atoms. The highest BCUT2D eigenvalue weighted by molar-refractivity contribution is 5.70. The first-order chi connectivity index (χ1) is 13.4. The Morgan fingerprint density at radius 2 is 1.11 bits per heavy atom. The van der Waals surface area contributed by atoms with Gasteiger partial charge in [0.15, 0.2) is 0 Å². The maximum atomic E-state index is 11.3. The van der Waals surface area contributed by atoms with Crippen LogP contribution >= 0.6 is 0 Å². The van der Waals surface area contributed by atoms with E-state index in [2.05, 4.69) is 0 Å². The molecule has 0 aromatic heterocycles. The third-order valence-corrected chi connectivity index (χ3v) is 8.96. The first-order valence-electron chi connectivity index (χ1n) is 11.6. The van der Waals surface area contributed by atoms with E-state index in [1.807, 2.05) is 0 Å². The number of carboxylic acids is 2. The fourth-order valence-electron chi connectivity index (χ4n) is 7.59. The Morgan fingerprint density at radius 3 is 1.50 bits per heavy atom. The van der Waals surface area contributed by atoms with Crippen LogP contribution in [0.3, 0.4) is 0 Å². The largest absolute Gasteiger partial charge is 0.481 e. The average Bonchev–Trinajstić information content (AvgIpc) is 3.25. The summed E-state index contributed by atoms with van der Waals surface area (Å²) in [4.78, 5) is 22.6. The molecule has 5 heteroatoms. The van der Waals surface area contributed by atoms with Crippen molar-refractivity contribution in [3.63, 3.8) is 0 Å². The van der Waals surface area contributed by atoms with Crippen LogP contribution in [0.2, 0.25) is 0 Å². The summed E-state index contributed by atoms with van der Waals surface area (Å²) in [5, 5.41) is 29.4. The van der Waals surface area contributed by atoms with Crippen LogP contribution in [-0.2, 0) is 9.59 Å². The number of carbonyl (C=O) groups is 2. The first-order valence-corrected chi connectivity index (χ1v) is 11.6. The molecule has 4 rings (SSSR count). The third-order valence-electron chi connectivity index (χ3n) is 8.96. The maximum Gasteiger partial charge on any atom is 0.306 e. The van der Waals surface area contributed by atoms with Crippen molar-refractivity contribution in [3.8, 4) is 0 Å². The van der Waals surface area contributed by atoms with Crippen molar-refractivity contribution in [1.29, 1.82) is 0 Å². The van der Waals surface area contributed by atoms with Gasteiger partial charge in [-0.2, -0.15) is 0 Å². The maximum absolute atomic E-state index is 11.3. The number of rotatable bonds is 6. The summed E-state index contributed by atoms with van der Waals surface area (Å²) >= 11 is 0. The molecule has 8 unspecified atom stereocenters. The molecule has 0 aliphatic heterocycles. The van der Waals surface area contributed by atoms with Crippen molar-refractivity contribution in [2.75, 3.05) is 0 Å². The van der Waals surface area contributed by atoms with Gasteiger partial charge in [0.05, 0.1) is 17.9 Å². The number of hydrogen-bond acceptors (Lipinski definition) is 3. The van der Waals surface area contributed by atoms with Crippen LogP contribution < -0.4 is 0 Å². The summed E-state index contributed by atoms with van der Waals surface area (Å²) in [7, 11) is 0. The fourth-order valence-corrected chi connectivity index (χ4v) is 7.59. The summed E-state index contributed by atoms with van der Waals surface area (Å²) in [6.07, 6.45) is 11.4. The molecule has 4 aliphatic carbocycles. The number of fused-ring (bicyclic) bond motifs is 2. The second kappa shape index (κ2) is 8.33. The standard InChI is InChI=1S/C23H36O5/c24-19(11-15-3-1-13-9-17(22(25)26)5-7-20(13)15)12-16-4-2-14-10-18(23(27)28)6-8-21(14)16/h13-21,24H,1-12H2,(H,25,26)(H,27,28). The average molecular weight is 393 g/mol. The van der Waals surface area contributed by atoms with E-state index in [1.54, 1.807) is 0 Å². The molecule has 4 saturated carbocycles. The molecule has 0 saturated heterocycles. The van der Waals surface area contributed by atoms with Crippen molar-refractivity contribution >= 4 is 11.9 Å². The van der Waals surface area contributed by atoms with Gasteiger partial charge >= 0.3 is 11.9 Å². The van der Waals surface area contributed by atoms with Gasteiger partial charge in [0.25, 0.3) is 0 Å². The van der Waals surface area contributed by atoms with Crippen LogP contribution in [0.15, 0.2) is 0 Å². The smallest absolute Gasteiger partial charge is 0.306 e. The Labute approximate surface area is 167 Å². The zero-order chi connectivity index (χ0) is 19.8. The highest BCUT2D eigenvalue weighted by atomic mass is 16.4. The molecule has 8 atom stereocenters. The Hall–Kier alpha value is -1.10. The van der Waals surface area contributed by atoms with E-state index in [9.17, 15) is 24.9 Å². The highest BCUT2D eigenvalue weighted by Crippen LogP contribution is 2.51. The molecular weight excluding hydrogens is 356 g/mol. The highest BCUT2D eigenvalue weighted by Gasteiger charge is 2.44. The minimum Gasteiger partial charge on any atom is -0.481 e. The summed E-state index contributed by atoms with van der Waals surface area (Å²) < 4.78 is 0. The molecular formula is C23H36O5. The van der Waals surface area contributed by atoms with Gasteiger partial charge in [0, 0.05) is 0 Å². The van der Waals surface area contributed by atoms with E-state index in [-0.39, 0.29) is 17.9 Å². The summed E-state index contributed by atoms with van der Waals surface area (Å²) in [6.45, 7) is 0. The van der Waals surface area contributed by atoms with E-state index in [0.717, 1.165) is 77.0 Å². The van der Waals surface area contributed by atoms with Gasteiger partial charge in [-0.05, 0) is 113 Å². The number of carboxylic acid groups (broad SMARTS) is 2. The fraction of sp³-hybridized carbons (Fsp3) is 0.913. The zero-order valence-corrected chi connectivity index (χ0v) is 16.8. The van der Waals surface area contributed by atoms with Gasteiger partial charge < -0.3 is 15.3 Å². The minimum atomic E-state index is -0.629. The van der Waals surface area contributed by atoms with Gasteiger partial charge in [0.2, 0.25) is 0 Å². The SMILES string of the molecule is O=C(O)C1CCC2C(CC(O)CC3CCC4CC(C(=O)O)CCC34)CCC2C1. The number of hydrogen-bond donors (Lipinski definition) is 3. The molecule has 0 radical (unpaired) electrons. The molecule has 0 amide bonds. The predicted octanol–water partition coefficient (Wildman–Crippen LogP) is 4.18. The topological polar surface area (TPSA) is 94.8 Å². The second-order valence-electron chi connectivity index (χ2n) is 10.3. The molecule has 4 aliphatic rings. The lowest BCUT2D eigenvalue weighted by Crippen LogP contribution is -2.31. The lowest BCUT2D eigenvalue weighted by atomic mass is 9.71. The van der Waals surface area contributed by atoms with E-state index < -0.39 is 11.9 Å². The van der Waals surface area contributed by atoms with Crippen LogP contribution in [0.4, 0.5) is 0 Å². The van der Waals surface area contributed by atoms with Crippen molar-refractivity contribution in [2.24, 2.45) is 47.3 Å². The van der Waals surface area contributed by atoms with Crippen LogP contribution in [0.5, 0.6) is 0 Å². The van der Waals surface area contributed by atoms with Crippen molar-refractivity contribution in [2.45, 2.75) is 83.2 Å². The van der Waals surface area contributed by atoms with Crippen molar-refractivity contribution < 1.29 is 24.9 Å². The van der Waals surface area contributed by atoms with Gasteiger partial charge in [0.1, 0.15) is 0 Å². The van der Waals surface area contributed by atoms with Gasteiger partial charge in [-0.25, -0.2) is 0 Å². The van der Waals surface area contributed by atoms with E-state index in [0.29, 0.717) is 35.5 Å². The van der Waals surface area contributed by atoms with Gasteiger partial charge in [-0.1, -0.05) is 0 Å². The van der Waals surface area contributed by atoms with Gasteiger partial charge in [-0.3, -0.25) is 9.59 Å². The van der Waals surface area contributed by atoms with Crippen molar-refractivity contribution in [1.82, 2.24) is 0 Å². The summed E-state index contributed by atoms with van der Waals surface area (Å²) in [5.74, 6) is 1.90. The predicted molar refractivity (Wildman–Crippen MR) is 105 cm³/mol. The molecule has 0 heterocycles. The molecule has 0 aromatic rings. The molecule has 5 nitrogen and oxygen atoms in total. The third kappa shape index (κ3) is 4.10. The molecule has 3 N–H and O–H groups in total. The lowest BCUT2D eigenvalue weighted by Gasteiger charge is -2.35. The van der Waals surface area contributed by atoms with Crippen LogP contribution in [-0.4, -0.2) is 33.4 Å². The quantitative estimate of drug-likeness (QED) is 0.630. The first kappa shape index (κ1) is 20.2. The van der Waals surface area contributed by atoms with E-state index in [1.165, 1.54) is 0 Å².